The third-order valence-corrected chi connectivity index (χ3v) is 4.03. The summed E-state index contributed by atoms with van der Waals surface area (Å²) < 4.78 is 7.50. The number of pyridine rings is 1. The summed E-state index contributed by atoms with van der Waals surface area (Å²) >= 11 is 0. The zero-order valence-electron chi connectivity index (χ0n) is 13.4. The van der Waals surface area contributed by atoms with Crippen molar-refractivity contribution in [3.63, 3.8) is 0 Å². The number of hydrogen-bond donors (Lipinski definition) is 0. The van der Waals surface area contributed by atoms with Gasteiger partial charge in [-0.3, -0.25) is 4.79 Å². The van der Waals surface area contributed by atoms with Crippen molar-refractivity contribution in [2.75, 3.05) is 6.61 Å². The van der Waals surface area contributed by atoms with E-state index in [9.17, 15) is 4.79 Å². The molecule has 0 aliphatic heterocycles. The van der Waals surface area contributed by atoms with E-state index in [0.717, 1.165) is 29.4 Å². The molecule has 3 aromatic rings. The first-order chi connectivity index (χ1) is 11.3. The summed E-state index contributed by atoms with van der Waals surface area (Å²) in [4.78, 5) is 12.4. The van der Waals surface area contributed by atoms with Crippen molar-refractivity contribution in [3.05, 3.63) is 76.7 Å². The zero-order chi connectivity index (χ0) is 16.1. The van der Waals surface area contributed by atoms with Crippen molar-refractivity contribution in [2.24, 2.45) is 0 Å². The molecule has 0 radical (unpaired) electrons. The number of nitrogens with zero attached hydrogens (tertiary/aromatic N) is 1. The molecule has 1 aromatic heterocycles. The Morgan fingerprint density at radius 3 is 2.57 bits per heavy atom. The maximum Gasteiger partial charge on any atom is 0.258 e. The minimum Gasteiger partial charge on any atom is -0.494 e. The van der Waals surface area contributed by atoms with Crippen LogP contribution in [0.1, 0.15) is 18.9 Å². The first-order valence-electron chi connectivity index (χ1n) is 8.08. The second-order valence-electron chi connectivity index (χ2n) is 5.60. The quantitative estimate of drug-likeness (QED) is 0.644. The Balaban J connectivity index is 1.58. The van der Waals surface area contributed by atoms with Crippen LogP contribution in [-0.4, -0.2) is 11.2 Å². The predicted molar refractivity (Wildman–Crippen MR) is 94.1 cm³/mol. The molecule has 3 nitrogen and oxygen atoms in total. The van der Waals surface area contributed by atoms with Crippen LogP contribution in [0.5, 0.6) is 5.75 Å². The molecule has 0 N–H and O–H groups in total. The van der Waals surface area contributed by atoms with Gasteiger partial charge in [-0.25, -0.2) is 0 Å². The van der Waals surface area contributed by atoms with Crippen LogP contribution < -0.4 is 10.3 Å². The average molecular weight is 307 g/mol. The third kappa shape index (κ3) is 3.62. The SMILES string of the molecule is CCc1ccc(OCCCn2ccc3ccccc3c2=O)cc1. The highest BCUT2D eigenvalue weighted by Gasteiger charge is 2.02. The fourth-order valence-electron chi connectivity index (χ4n) is 2.65. The van der Waals surface area contributed by atoms with Crippen molar-refractivity contribution in [1.29, 1.82) is 0 Å². The van der Waals surface area contributed by atoms with E-state index in [2.05, 4.69) is 19.1 Å². The van der Waals surface area contributed by atoms with E-state index in [1.165, 1.54) is 5.56 Å². The monoisotopic (exact) mass is 307 g/mol. The molecule has 3 rings (SSSR count). The number of fused-ring (bicyclic) bond motifs is 1. The lowest BCUT2D eigenvalue weighted by atomic mass is 10.2. The number of hydrogen-bond acceptors (Lipinski definition) is 2. The van der Waals surface area contributed by atoms with Crippen molar-refractivity contribution < 1.29 is 4.74 Å². The van der Waals surface area contributed by atoms with E-state index in [-0.39, 0.29) is 5.56 Å². The van der Waals surface area contributed by atoms with Crippen molar-refractivity contribution >= 4 is 10.8 Å². The summed E-state index contributed by atoms with van der Waals surface area (Å²) in [5.74, 6) is 0.882. The zero-order valence-corrected chi connectivity index (χ0v) is 13.4. The summed E-state index contributed by atoms with van der Waals surface area (Å²) in [6, 6.07) is 17.8. The maximum absolute atomic E-state index is 12.4. The van der Waals surface area contributed by atoms with Crippen molar-refractivity contribution in [3.8, 4) is 5.75 Å². The van der Waals surface area contributed by atoms with Crippen LogP contribution in [0.4, 0.5) is 0 Å². The Kier molecular flexibility index (Phi) is 4.77. The van der Waals surface area contributed by atoms with Gasteiger partial charge in [0.05, 0.1) is 6.61 Å². The van der Waals surface area contributed by atoms with Crippen LogP contribution in [0.2, 0.25) is 0 Å². The van der Waals surface area contributed by atoms with E-state index < -0.39 is 0 Å². The highest BCUT2D eigenvalue weighted by molar-refractivity contribution is 5.81. The average Bonchev–Trinajstić information content (AvgIpc) is 2.61. The minimum absolute atomic E-state index is 0.0652. The van der Waals surface area contributed by atoms with Crippen LogP contribution in [0.15, 0.2) is 65.6 Å². The van der Waals surface area contributed by atoms with Gasteiger partial charge in [-0.1, -0.05) is 37.3 Å². The molecule has 2 aromatic carbocycles. The molecule has 1 heterocycles. The molecule has 118 valence electrons. The van der Waals surface area contributed by atoms with E-state index >= 15 is 0 Å². The summed E-state index contributed by atoms with van der Waals surface area (Å²) in [7, 11) is 0. The van der Waals surface area contributed by atoms with E-state index in [0.29, 0.717) is 13.2 Å². The highest BCUT2D eigenvalue weighted by Crippen LogP contribution is 2.13. The Morgan fingerprint density at radius 2 is 1.78 bits per heavy atom. The number of aromatic nitrogens is 1. The molecule has 3 heteroatoms. The van der Waals surface area contributed by atoms with Crippen LogP contribution in [0, 0.1) is 0 Å². The fraction of sp³-hybridized carbons (Fsp3) is 0.250. The van der Waals surface area contributed by atoms with Gasteiger partial charge in [0.1, 0.15) is 5.75 Å². The van der Waals surface area contributed by atoms with E-state index in [1.54, 1.807) is 4.57 Å². The van der Waals surface area contributed by atoms with Crippen molar-refractivity contribution in [2.45, 2.75) is 26.3 Å². The van der Waals surface area contributed by atoms with E-state index in [4.69, 9.17) is 4.74 Å². The van der Waals surface area contributed by atoms with Gasteiger partial charge in [-0.15, -0.1) is 0 Å². The van der Waals surface area contributed by atoms with Gasteiger partial charge in [-0.2, -0.15) is 0 Å². The van der Waals surface area contributed by atoms with Gasteiger partial charge >= 0.3 is 0 Å². The number of aryl methyl sites for hydroxylation is 2. The minimum atomic E-state index is 0.0652. The second-order valence-corrected chi connectivity index (χ2v) is 5.60. The lowest BCUT2D eigenvalue weighted by Crippen LogP contribution is -2.20. The number of ether oxygens (including phenoxy) is 1. The summed E-state index contributed by atoms with van der Waals surface area (Å²) in [6.45, 7) is 3.40. The molecule has 0 aliphatic rings. The number of benzene rings is 2. The maximum atomic E-state index is 12.4. The normalized spacial score (nSPS) is 10.8. The van der Waals surface area contributed by atoms with E-state index in [1.807, 2.05) is 48.7 Å². The molecule has 0 unspecified atom stereocenters. The predicted octanol–water partition coefficient (Wildman–Crippen LogP) is 4.03. The molecular weight excluding hydrogens is 286 g/mol. The Labute approximate surface area is 136 Å². The highest BCUT2D eigenvalue weighted by atomic mass is 16.5. The largest absolute Gasteiger partial charge is 0.494 e. The molecule has 0 amide bonds. The molecule has 0 atom stereocenters. The third-order valence-electron chi connectivity index (χ3n) is 4.03. The topological polar surface area (TPSA) is 31.2 Å². The molecule has 0 bridgehead atoms. The van der Waals surface area contributed by atoms with Gasteiger partial charge in [0.15, 0.2) is 0 Å². The Bertz CT molecular complexity index is 834. The molecular formula is C20H21NO2. The molecule has 0 saturated heterocycles. The first-order valence-corrected chi connectivity index (χ1v) is 8.08. The van der Waals surface area contributed by atoms with Gasteiger partial charge in [0.2, 0.25) is 0 Å². The first kappa shape index (κ1) is 15.3. The molecule has 0 spiro atoms. The van der Waals surface area contributed by atoms with Crippen LogP contribution in [-0.2, 0) is 13.0 Å². The van der Waals surface area contributed by atoms with Gasteiger partial charge in [0.25, 0.3) is 5.56 Å². The van der Waals surface area contributed by atoms with Gasteiger partial charge < -0.3 is 9.30 Å². The summed E-state index contributed by atoms with van der Waals surface area (Å²) in [6.07, 6.45) is 3.69. The Hall–Kier alpha value is -2.55. The lowest BCUT2D eigenvalue weighted by Gasteiger charge is -2.09. The Morgan fingerprint density at radius 1 is 1.00 bits per heavy atom. The van der Waals surface area contributed by atoms with Crippen molar-refractivity contribution in [1.82, 2.24) is 4.57 Å². The molecule has 0 aliphatic carbocycles. The second kappa shape index (κ2) is 7.14. The molecule has 0 fully saturated rings. The standard InChI is InChI=1S/C20H21NO2/c1-2-16-8-10-18(11-9-16)23-15-5-13-21-14-12-17-6-3-4-7-19(17)20(21)22/h3-4,6-12,14H,2,5,13,15H2,1H3. The van der Waals surface area contributed by atoms with Crippen LogP contribution >= 0.6 is 0 Å². The van der Waals surface area contributed by atoms with Crippen LogP contribution in [0.25, 0.3) is 10.8 Å². The van der Waals surface area contributed by atoms with Crippen LogP contribution in [0.3, 0.4) is 0 Å². The fourth-order valence-corrected chi connectivity index (χ4v) is 2.65. The van der Waals surface area contributed by atoms with Gasteiger partial charge in [-0.05, 0) is 48.1 Å². The molecule has 23 heavy (non-hydrogen) atoms. The summed E-state index contributed by atoms with van der Waals surface area (Å²) in [5, 5.41) is 1.76. The number of rotatable bonds is 6. The molecule has 0 saturated carbocycles. The van der Waals surface area contributed by atoms with Gasteiger partial charge in [0, 0.05) is 18.1 Å². The lowest BCUT2D eigenvalue weighted by molar-refractivity contribution is 0.301. The smallest absolute Gasteiger partial charge is 0.258 e. The summed E-state index contributed by atoms with van der Waals surface area (Å²) in [5.41, 5.74) is 1.37.